The van der Waals surface area contributed by atoms with Crippen LogP contribution in [-0.2, 0) is 14.8 Å². The zero-order chi connectivity index (χ0) is 28.2. The SMILES string of the molecule is COc1cccc(-c2nnc(NS(=O)(=O)C(C)C(OC)c3ncc(C)cn3)n2-c2c(OC)cccc2OC)c1. The molecule has 0 amide bonds. The van der Waals surface area contributed by atoms with Crippen molar-refractivity contribution < 1.29 is 27.4 Å². The number of para-hydroxylation sites is 1. The van der Waals surface area contributed by atoms with E-state index >= 15 is 0 Å². The van der Waals surface area contributed by atoms with Crippen molar-refractivity contribution in [3.63, 3.8) is 0 Å². The second-order valence-electron chi connectivity index (χ2n) is 8.55. The fourth-order valence-corrected chi connectivity index (χ4v) is 5.13. The number of methoxy groups -OCH3 is 4. The number of nitrogens with zero attached hydrogens (tertiary/aromatic N) is 5. The minimum absolute atomic E-state index is 0.0813. The van der Waals surface area contributed by atoms with Crippen LogP contribution in [0.3, 0.4) is 0 Å². The zero-order valence-electron chi connectivity index (χ0n) is 22.4. The molecule has 1 N–H and O–H groups in total. The van der Waals surface area contributed by atoms with Gasteiger partial charge in [0, 0.05) is 25.1 Å². The summed E-state index contributed by atoms with van der Waals surface area (Å²) in [6, 6.07) is 12.4. The summed E-state index contributed by atoms with van der Waals surface area (Å²) in [7, 11) is 1.85. The van der Waals surface area contributed by atoms with Gasteiger partial charge in [-0.25, -0.2) is 18.4 Å². The van der Waals surface area contributed by atoms with E-state index in [1.807, 2.05) is 13.0 Å². The number of rotatable bonds is 11. The summed E-state index contributed by atoms with van der Waals surface area (Å²) in [5, 5.41) is 7.44. The molecule has 0 aliphatic rings. The van der Waals surface area contributed by atoms with Crippen LogP contribution in [0.2, 0.25) is 0 Å². The van der Waals surface area contributed by atoms with E-state index in [0.717, 1.165) is 5.56 Å². The Morgan fingerprint density at radius 1 is 0.897 bits per heavy atom. The minimum Gasteiger partial charge on any atom is -0.497 e. The standard InChI is InChI=1S/C26H30N6O6S/c1-16-14-27-24(28-15-16)23(38-6)17(2)39(33,34)31-26-30-29-25(18-9-7-10-19(13-18)35-3)32(26)22-20(36-4)11-8-12-21(22)37-5/h7-15,17,23H,1-6H3,(H,30,31). The van der Waals surface area contributed by atoms with Gasteiger partial charge in [-0.15, -0.1) is 10.2 Å². The molecule has 2 atom stereocenters. The summed E-state index contributed by atoms with van der Waals surface area (Å²) >= 11 is 0. The summed E-state index contributed by atoms with van der Waals surface area (Å²) < 4.78 is 53.6. The molecule has 0 fully saturated rings. The molecule has 4 aromatic rings. The largest absolute Gasteiger partial charge is 0.497 e. The lowest BCUT2D eigenvalue weighted by Crippen LogP contribution is -2.33. The molecule has 0 bridgehead atoms. The van der Waals surface area contributed by atoms with Crippen molar-refractivity contribution in [2.24, 2.45) is 0 Å². The summed E-state index contributed by atoms with van der Waals surface area (Å²) in [4.78, 5) is 8.51. The maximum absolute atomic E-state index is 13.7. The van der Waals surface area contributed by atoms with Crippen molar-refractivity contribution in [3.05, 3.63) is 66.2 Å². The molecule has 0 spiro atoms. The monoisotopic (exact) mass is 554 g/mol. The third-order valence-electron chi connectivity index (χ3n) is 6.08. The Morgan fingerprint density at radius 3 is 2.13 bits per heavy atom. The lowest BCUT2D eigenvalue weighted by Gasteiger charge is -2.23. The van der Waals surface area contributed by atoms with E-state index in [0.29, 0.717) is 34.3 Å². The van der Waals surface area contributed by atoms with Crippen LogP contribution in [0.15, 0.2) is 54.9 Å². The third kappa shape index (κ3) is 5.64. The predicted octanol–water partition coefficient (Wildman–Crippen LogP) is 3.58. The average Bonchev–Trinajstić information content (AvgIpc) is 3.35. The molecule has 12 nitrogen and oxygen atoms in total. The predicted molar refractivity (Wildman–Crippen MR) is 145 cm³/mol. The molecule has 0 aliphatic carbocycles. The molecule has 2 aromatic heterocycles. The number of benzene rings is 2. The van der Waals surface area contributed by atoms with Gasteiger partial charge in [0.2, 0.25) is 16.0 Å². The summed E-state index contributed by atoms with van der Waals surface area (Å²) in [5.41, 5.74) is 1.86. The van der Waals surface area contributed by atoms with Crippen LogP contribution in [0, 0.1) is 6.92 Å². The molecule has 39 heavy (non-hydrogen) atoms. The van der Waals surface area contributed by atoms with Crippen LogP contribution in [0.1, 0.15) is 24.4 Å². The zero-order valence-corrected chi connectivity index (χ0v) is 23.3. The number of aromatic nitrogens is 5. The van der Waals surface area contributed by atoms with E-state index in [1.165, 1.54) is 32.8 Å². The first kappa shape index (κ1) is 27.8. The maximum atomic E-state index is 13.7. The van der Waals surface area contributed by atoms with Gasteiger partial charge in [0.05, 0.1) is 21.3 Å². The Hall–Kier alpha value is -4.23. The number of anilines is 1. The van der Waals surface area contributed by atoms with Crippen molar-refractivity contribution in [1.82, 2.24) is 24.7 Å². The molecule has 206 valence electrons. The van der Waals surface area contributed by atoms with Gasteiger partial charge in [0.15, 0.2) is 11.6 Å². The second kappa shape index (κ2) is 11.7. The summed E-state index contributed by atoms with van der Waals surface area (Å²) in [5.74, 6) is 1.90. The number of aryl methyl sites for hydroxylation is 1. The topological polar surface area (TPSA) is 140 Å². The van der Waals surface area contributed by atoms with Gasteiger partial charge in [0.25, 0.3) is 0 Å². The number of ether oxygens (including phenoxy) is 4. The highest BCUT2D eigenvalue weighted by Gasteiger charge is 2.35. The van der Waals surface area contributed by atoms with Gasteiger partial charge in [-0.2, -0.15) is 0 Å². The van der Waals surface area contributed by atoms with Gasteiger partial charge in [0.1, 0.15) is 34.3 Å². The van der Waals surface area contributed by atoms with Gasteiger partial charge in [-0.05, 0) is 43.7 Å². The van der Waals surface area contributed by atoms with Crippen LogP contribution in [-0.4, -0.2) is 66.8 Å². The van der Waals surface area contributed by atoms with Gasteiger partial charge >= 0.3 is 0 Å². The molecule has 0 aliphatic heterocycles. The Balaban J connectivity index is 1.85. The lowest BCUT2D eigenvalue weighted by atomic mass is 10.2. The van der Waals surface area contributed by atoms with Crippen LogP contribution in [0.5, 0.6) is 17.2 Å². The molecule has 0 saturated carbocycles. The van der Waals surface area contributed by atoms with Crippen LogP contribution >= 0.6 is 0 Å². The first-order valence-corrected chi connectivity index (χ1v) is 13.4. The third-order valence-corrected chi connectivity index (χ3v) is 7.77. The molecule has 0 saturated heterocycles. The number of hydrogen-bond acceptors (Lipinski definition) is 10. The van der Waals surface area contributed by atoms with Crippen molar-refractivity contribution in [1.29, 1.82) is 0 Å². The van der Waals surface area contributed by atoms with Gasteiger partial charge < -0.3 is 18.9 Å². The van der Waals surface area contributed by atoms with Crippen molar-refractivity contribution in [2.75, 3.05) is 33.2 Å². The van der Waals surface area contributed by atoms with E-state index in [-0.39, 0.29) is 11.8 Å². The van der Waals surface area contributed by atoms with Crippen molar-refractivity contribution >= 4 is 16.0 Å². The quantitative estimate of drug-likeness (QED) is 0.293. The van der Waals surface area contributed by atoms with Crippen molar-refractivity contribution in [2.45, 2.75) is 25.2 Å². The molecule has 2 heterocycles. The Morgan fingerprint density at radius 2 is 1.54 bits per heavy atom. The van der Waals surface area contributed by atoms with E-state index in [2.05, 4.69) is 24.9 Å². The van der Waals surface area contributed by atoms with E-state index < -0.39 is 21.4 Å². The Bertz CT molecular complexity index is 1520. The van der Waals surface area contributed by atoms with E-state index in [1.54, 1.807) is 55.9 Å². The highest BCUT2D eigenvalue weighted by Crippen LogP contribution is 2.38. The molecule has 2 aromatic carbocycles. The fraction of sp³-hybridized carbons (Fsp3) is 0.308. The molecular weight excluding hydrogens is 524 g/mol. The summed E-state index contributed by atoms with van der Waals surface area (Å²) in [6.45, 7) is 3.35. The highest BCUT2D eigenvalue weighted by atomic mass is 32.2. The van der Waals surface area contributed by atoms with Crippen molar-refractivity contribution in [3.8, 4) is 34.3 Å². The first-order valence-electron chi connectivity index (χ1n) is 11.9. The van der Waals surface area contributed by atoms with Gasteiger partial charge in [-0.3, -0.25) is 9.29 Å². The van der Waals surface area contributed by atoms with E-state index in [9.17, 15) is 8.42 Å². The van der Waals surface area contributed by atoms with Crippen LogP contribution < -0.4 is 18.9 Å². The average molecular weight is 555 g/mol. The normalized spacial score (nSPS) is 13.0. The number of nitrogens with one attached hydrogen (secondary N) is 1. The second-order valence-corrected chi connectivity index (χ2v) is 10.6. The molecule has 0 radical (unpaired) electrons. The van der Waals surface area contributed by atoms with Crippen LogP contribution in [0.4, 0.5) is 5.95 Å². The Kier molecular flexibility index (Phi) is 8.31. The molecule has 2 unspecified atom stereocenters. The summed E-state index contributed by atoms with van der Waals surface area (Å²) in [6.07, 6.45) is 2.26. The van der Waals surface area contributed by atoms with Gasteiger partial charge in [-0.1, -0.05) is 18.2 Å². The lowest BCUT2D eigenvalue weighted by molar-refractivity contribution is 0.0949. The van der Waals surface area contributed by atoms with E-state index in [4.69, 9.17) is 18.9 Å². The molecule has 13 heteroatoms. The fourth-order valence-electron chi connectivity index (χ4n) is 4.00. The molecular formula is C26H30N6O6S. The molecule has 4 rings (SSSR count). The number of sulfonamides is 1. The highest BCUT2D eigenvalue weighted by molar-refractivity contribution is 7.93. The maximum Gasteiger partial charge on any atom is 0.243 e. The van der Waals surface area contributed by atoms with Crippen LogP contribution in [0.25, 0.3) is 17.1 Å². The first-order chi connectivity index (χ1) is 18.7. The Labute approximate surface area is 227 Å². The smallest absolute Gasteiger partial charge is 0.243 e. The number of hydrogen-bond donors (Lipinski definition) is 1. The minimum atomic E-state index is -4.12.